The topological polar surface area (TPSA) is 188 Å². The highest BCUT2D eigenvalue weighted by molar-refractivity contribution is 6.06. The van der Waals surface area contributed by atoms with Crippen molar-refractivity contribution in [2.45, 2.75) is 117 Å². The average molecular weight is 1190 g/mol. The number of ketones is 3. The lowest BCUT2D eigenvalue weighted by Gasteiger charge is -2.29. The number of methoxy groups -OCH3 is 1. The molecule has 3 amide bonds. The summed E-state index contributed by atoms with van der Waals surface area (Å²) in [6.45, 7) is 5.12. The molecule has 0 heterocycles. The molecular formula is C73H80N4O11. The summed E-state index contributed by atoms with van der Waals surface area (Å²) in [5.41, 5.74) is 6.18. The van der Waals surface area contributed by atoms with Gasteiger partial charge in [-0.25, -0.2) is 0 Å². The lowest BCUT2D eigenvalue weighted by atomic mass is 9.80. The normalized spacial score (nSPS) is 16.4. The van der Waals surface area contributed by atoms with Crippen LogP contribution in [0.15, 0.2) is 158 Å². The van der Waals surface area contributed by atoms with E-state index in [1.807, 2.05) is 147 Å². The number of rotatable bonds is 28. The molecule has 2 aliphatic carbocycles. The van der Waals surface area contributed by atoms with Gasteiger partial charge in [0, 0.05) is 55.7 Å². The number of likely N-dealkylation sites (N-methyl/N-ethyl adjacent to an activating group) is 1. The van der Waals surface area contributed by atoms with E-state index < -0.39 is 0 Å². The van der Waals surface area contributed by atoms with Crippen LogP contribution in [0.4, 0.5) is 0 Å². The fourth-order valence-electron chi connectivity index (χ4n) is 11.5. The van der Waals surface area contributed by atoms with Crippen LogP contribution in [0.2, 0.25) is 0 Å². The molecule has 2 saturated carbocycles. The number of nitrogens with one attached hydrogen (secondary N) is 3. The van der Waals surface area contributed by atoms with Crippen molar-refractivity contribution < 1.29 is 52.5 Å². The fraction of sp³-hybridized carbons (Fsp3) is 0.342. The minimum Gasteiger partial charge on any atom is -0.496 e. The van der Waals surface area contributed by atoms with E-state index in [1.165, 1.54) is 14.0 Å². The van der Waals surface area contributed by atoms with Gasteiger partial charge in [-0.2, -0.15) is 0 Å². The summed E-state index contributed by atoms with van der Waals surface area (Å²) in [5.74, 6) is 0.195. The van der Waals surface area contributed by atoms with E-state index in [9.17, 15) is 28.8 Å². The molecule has 2 aliphatic rings. The maximum absolute atomic E-state index is 14.4. The predicted molar refractivity (Wildman–Crippen MR) is 339 cm³/mol. The Balaban J connectivity index is 0.810. The van der Waals surface area contributed by atoms with E-state index >= 15 is 0 Å². The number of amides is 3. The van der Waals surface area contributed by atoms with Crippen LogP contribution in [0.5, 0.6) is 28.7 Å². The highest BCUT2D eigenvalue weighted by atomic mass is 16.5. The van der Waals surface area contributed by atoms with Gasteiger partial charge in [0.1, 0.15) is 55.2 Å². The van der Waals surface area contributed by atoms with E-state index in [-0.39, 0.29) is 126 Å². The monoisotopic (exact) mass is 1190 g/mol. The number of aryl methyl sites for hydroxylation is 1. The first-order valence-electron chi connectivity index (χ1n) is 30.5. The largest absolute Gasteiger partial charge is 0.496 e. The van der Waals surface area contributed by atoms with Crippen LogP contribution in [-0.4, -0.2) is 86.3 Å². The van der Waals surface area contributed by atoms with Gasteiger partial charge in [-0.3, -0.25) is 28.8 Å². The first-order chi connectivity index (χ1) is 42.7. The second-order valence-electron chi connectivity index (χ2n) is 23.4. The smallest absolute Gasteiger partial charge is 0.255 e. The summed E-state index contributed by atoms with van der Waals surface area (Å²) in [6.07, 6.45) is 5.88. The van der Waals surface area contributed by atoms with Gasteiger partial charge >= 0.3 is 0 Å². The average Bonchev–Trinajstić information content (AvgIpc) is 2.09. The molecule has 2 fully saturated rings. The number of ether oxygens (including phenoxy) is 5. The number of carbonyl (C=O) groups is 6. The van der Waals surface area contributed by atoms with Gasteiger partial charge in [0.2, 0.25) is 0 Å². The molecule has 0 aliphatic heterocycles. The third-order valence-corrected chi connectivity index (χ3v) is 16.5. The Hall–Kier alpha value is -9.08. The van der Waals surface area contributed by atoms with Crippen molar-refractivity contribution in [1.82, 2.24) is 20.9 Å². The second-order valence-corrected chi connectivity index (χ2v) is 23.4. The van der Waals surface area contributed by atoms with E-state index in [0.29, 0.717) is 99.3 Å². The molecule has 9 rings (SSSR count). The molecule has 88 heavy (non-hydrogen) atoms. The molecular weight excluding hydrogens is 1110 g/mol. The van der Waals surface area contributed by atoms with Crippen LogP contribution in [0, 0.1) is 18.8 Å². The molecule has 15 heteroatoms. The molecule has 15 nitrogen and oxygen atoms in total. The summed E-state index contributed by atoms with van der Waals surface area (Å²) in [6, 6.07) is 48.1. The van der Waals surface area contributed by atoms with Crippen molar-refractivity contribution in [2.24, 2.45) is 11.8 Å². The van der Waals surface area contributed by atoms with Gasteiger partial charge < -0.3 is 44.5 Å². The van der Waals surface area contributed by atoms with Gasteiger partial charge in [0.25, 0.3) is 17.7 Å². The molecule has 0 saturated heterocycles. The zero-order chi connectivity index (χ0) is 61.9. The lowest BCUT2D eigenvalue weighted by molar-refractivity contribution is 0.0890. The van der Waals surface area contributed by atoms with E-state index in [2.05, 4.69) is 16.0 Å². The highest BCUT2D eigenvalue weighted by Gasteiger charge is 2.31. The van der Waals surface area contributed by atoms with Crippen LogP contribution in [0.3, 0.4) is 0 Å². The molecule has 0 bridgehead atoms. The predicted octanol–water partition coefficient (Wildman–Crippen LogP) is 12.9. The number of Topliss-reactive ketones (excluding diaryl/α,β-unsaturated/α-hetero) is 3. The summed E-state index contributed by atoms with van der Waals surface area (Å²) < 4.78 is 30.9. The Kier molecular flexibility index (Phi) is 22.4. The Labute approximate surface area is 516 Å². The van der Waals surface area contributed by atoms with E-state index in [4.69, 9.17) is 23.7 Å². The number of nitrogens with zero attached hydrogens (tertiary/aromatic N) is 1. The van der Waals surface area contributed by atoms with Crippen LogP contribution in [0.1, 0.15) is 161 Å². The van der Waals surface area contributed by atoms with Gasteiger partial charge in [-0.05, 0) is 143 Å². The summed E-state index contributed by atoms with van der Waals surface area (Å²) >= 11 is 0. The first-order valence-corrected chi connectivity index (χ1v) is 30.5. The van der Waals surface area contributed by atoms with Crippen molar-refractivity contribution in [1.29, 1.82) is 0 Å². The zero-order valence-electron chi connectivity index (χ0n) is 51.1. The maximum Gasteiger partial charge on any atom is 0.255 e. The molecule has 0 radical (unpaired) electrons. The number of benzene rings is 7. The Morgan fingerprint density at radius 1 is 0.432 bits per heavy atom. The van der Waals surface area contributed by atoms with Gasteiger partial charge in [-0.1, -0.05) is 121 Å². The van der Waals surface area contributed by atoms with Gasteiger partial charge in [0.15, 0.2) is 17.3 Å². The van der Waals surface area contributed by atoms with Gasteiger partial charge in [-0.15, -0.1) is 0 Å². The van der Waals surface area contributed by atoms with Crippen LogP contribution in [-0.2, 0) is 26.4 Å². The van der Waals surface area contributed by atoms with Crippen molar-refractivity contribution >= 4 is 35.1 Å². The van der Waals surface area contributed by atoms with Crippen molar-refractivity contribution in [3.05, 3.63) is 219 Å². The summed E-state index contributed by atoms with van der Waals surface area (Å²) in [7, 11) is 5.38. The van der Waals surface area contributed by atoms with Crippen molar-refractivity contribution in [2.75, 3.05) is 34.3 Å². The molecule has 0 aromatic heterocycles. The Bertz CT molecular complexity index is 3520. The van der Waals surface area contributed by atoms with Crippen molar-refractivity contribution in [3.63, 3.8) is 0 Å². The van der Waals surface area contributed by atoms with E-state index in [0.717, 1.165) is 27.8 Å². The molecule has 458 valence electrons. The third-order valence-electron chi connectivity index (χ3n) is 16.5. The molecule has 0 atom stereocenters. The minimum absolute atomic E-state index is 0.0349. The van der Waals surface area contributed by atoms with E-state index in [1.54, 1.807) is 36.4 Å². The van der Waals surface area contributed by atoms with Gasteiger partial charge in [0.05, 0.1) is 34.9 Å². The summed E-state index contributed by atoms with van der Waals surface area (Å²) in [4.78, 5) is 85.9. The quantitative estimate of drug-likeness (QED) is 0.0394. The zero-order valence-corrected chi connectivity index (χ0v) is 51.1. The SMILES string of the molecule is COc1cc(C)c(C(=O)CC2CCC(NC(=O)c3cc(C(C)=O)c(OCc4ccccc4)cc3OCc3ccccc3)CC2)cc1C(=O)CC1CCC(NC(=O)c2cc(C(=O)NCCN(C)C)c(OCc3ccccc3)cc2OCc2ccccc2)CC1. The summed E-state index contributed by atoms with van der Waals surface area (Å²) in [5, 5.41) is 9.40. The van der Waals surface area contributed by atoms with Crippen molar-refractivity contribution in [3.8, 4) is 28.7 Å². The number of hydrogen-bond acceptors (Lipinski definition) is 12. The molecule has 0 spiro atoms. The molecule has 7 aromatic rings. The van der Waals surface area contributed by atoms with Crippen LogP contribution < -0.4 is 39.6 Å². The van der Waals surface area contributed by atoms with Crippen LogP contribution in [0.25, 0.3) is 0 Å². The van der Waals surface area contributed by atoms with Crippen LogP contribution >= 0.6 is 0 Å². The Morgan fingerprint density at radius 2 is 0.784 bits per heavy atom. The minimum atomic E-state index is -0.381. The lowest BCUT2D eigenvalue weighted by Crippen LogP contribution is -2.38. The molecule has 0 unspecified atom stereocenters. The fourth-order valence-corrected chi connectivity index (χ4v) is 11.5. The third kappa shape index (κ3) is 17.6. The molecule has 3 N–H and O–H groups in total. The molecule has 7 aromatic carbocycles. The number of carbonyl (C=O) groups excluding carboxylic acids is 6. The standard InChI is InChI=1S/C73H80N4O11/c1-48-36-66(84-5)60(39-58(48)64(79)37-50-26-30-56(31-27-50)75-72(82)62-40-59(49(2)78)67(85-44-52-18-10-6-11-19-52)42-69(62)87-46-54-22-14-8-15-23-54)65(80)38-51-28-32-57(33-29-51)76-73(83)63-41-61(71(81)74-34-35-77(3)4)68(86-45-53-20-12-7-13-21-53)43-70(63)88-47-55-24-16-9-17-25-55/h6-25,36,39-43,50-51,56-57H,26-35,37-38,44-47H2,1-5H3,(H,74,81)(H,75,82)(H,76,83). The first kappa shape index (κ1) is 63.4. The maximum atomic E-state index is 14.4. The highest BCUT2D eigenvalue weighted by Crippen LogP contribution is 2.37. The second kappa shape index (κ2) is 31.0. The Morgan fingerprint density at radius 3 is 1.16 bits per heavy atom. The number of hydrogen-bond donors (Lipinski definition) is 3.